The molecule has 1 aliphatic heterocycles. The number of nitrogens with zero attached hydrogens (tertiary/aromatic N) is 2. The van der Waals surface area contributed by atoms with Crippen molar-refractivity contribution >= 4 is 21.8 Å². The molecule has 0 saturated carbocycles. The van der Waals surface area contributed by atoms with Crippen LogP contribution in [-0.2, 0) is 21.4 Å². The number of carbonyl (C=O) groups is 1. The summed E-state index contributed by atoms with van der Waals surface area (Å²) >= 11 is 0. The van der Waals surface area contributed by atoms with E-state index in [0.717, 1.165) is 12.8 Å². The van der Waals surface area contributed by atoms with E-state index < -0.39 is 10.2 Å². The van der Waals surface area contributed by atoms with Gasteiger partial charge < -0.3 is 5.32 Å². The lowest BCUT2D eigenvalue weighted by molar-refractivity contribution is -0.126. The molecule has 1 saturated heterocycles. The normalized spacial score (nSPS) is 18.3. The Morgan fingerprint density at radius 1 is 1.13 bits per heavy atom. The van der Waals surface area contributed by atoms with Crippen molar-refractivity contribution in [1.82, 2.24) is 9.62 Å². The SMILES string of the molecule is CCN(c1ccccc1)S(=O)(=O)N1CCCC(C(=O)NC(C)CCc2ccccc2)C1. The number of piperidine rings is 1. The van der Waals surface area contributed by atoms with Crippen molar-refractivity contribution in [1.29, 1.82) is 0 Å². The molecule has 1 N–H and O–H groups in total. The van der Waals surface area contributed by atoms with Crippen molar-refractivity contribution in [3.05, 3.63) is 66.2 Å². The molecule has 0 bridgehead atoms. The van der Waals surface area contributed by atoms with E-state index in [4.69, 9.17) is 0 Å². The number of para-hydroxylation sites is 1. The van der Waals surface area contributed by atoms with Crippen molar-refractivity contribution < 1.29 is 13.2 Å². The van der Waals surface area contributed by atoms with Crippen LogP contribution in [0.5, 0.6) is 0 Å². The Hall–Kier alpha value is -2.38. The molecule has 168 valence electrons. The second-order valence-electron chi connectivity index (χ2n) is 8.14. The van der Waals surface area contributed by atoms with Gasteiger partial charge in [0.25, 0.3) is 0 Å². The predicted octanol–water partition coefficient (Wildman–Crippen LogP) is 3.61. The number of hydrogen-bond acceptors (Lipinski definition) is 3. The minimum Gasteiger partial charge on any atom is -0.353 e. The van der Waals surface area contributed by atoms with Gasteiger partial charge in [0, 0.05) is 25.7 Å². The smallest absolute Gasteiger partial charge is 0.304 e. The highest BCUT2D eigenvalue weighted by molar-refractivity contribution is 7.90. The van der Waals surface area contributed by atoms with Crippen LogP contribution in [0, 0.1) is 5.92 Å². The predicted molar refractivity (Wildman–Crippen MR) is 125 cm³/mol. The molecular weight excluding hydrogens is 410 g/mol. The number of aryl methyl sites for hydroxylation is 1. The molecule has 3 rings (SSSR count). The molecule has 1 heterocycles. The van der Waals surface area contributed by atoms with Crippen LogP contribution in [0.2, 0.25) is 0 Å². The first-order valence-corrected chi connectivity index (χ1v) is 12.5. The Kier molecular flexibility index (Phi) is 8.09. The Balaban J connectivity index is 1.59. The van der Waals surface area contributed by atoms with Crippen molar-refractivity contribution in [3.63, 3.8) is 0 Å². The number of benzene rings is 2. The van der Waals surface area contributed by atoms with Crippen LogP contribution in [0.1, 0.15) is 38.7 Å². The quantitative estimate of drug-likeness (QED) is 0.644. The number of anilines is 1. The maximum Gasteiger partial charge on any atom is 0.304 e. The Bertz CT molecular complexity index is 935. The van der Waals surface area contributed by atoms with Gasteiger partial charge in [-0.3, -0.25) is 9.10 Å². The van der Waals surface area contributed by atoms with E-state index in [9.17, 15) is 13.2 Å². The van der Waals surface area contributed by atoms with Crippen LogP contribution < -0.4 is 9.62 Å². The molecule has 0 radical (unpaired) electrons. The highest BCUT2D eigenvalue weighted by Gasteiger charge is 2.35. The van der Waals surface area contributed by atoms with Gasteiger partial charge in [-0.05, 0) is 57.2 Å². The molecule has 2 atom stereocenters. The summed E-state index contributed by atoms with van der Waals surface area (Å²) in [4.78, 5) is 12.9. The van der Waals surface area contributed by atoms with Crippen molar-refractivity contribution in [2.24, 2.45) is 5.92 Å². The first-order chi connectivity index (χ1) is 14.9. The van der Waals surface area contributed by atoms with E-state index in [1.54, 1.807) is 12.1 Å². The van der Waals surface area contributed by atoms with Gasteiger partial charge in [0.05, 0.1) is 11.6 Å². The molecule has 1 fully saturated rings. The number of hydrogen-bond donors (Lipinski definition) is 1. The van der Waals surface area contributed by atoms with Crippen molar-refractivity contribution in [2.75, 3.05) is 23.9 Å². The molecule has 1 amide bonds. The van der Waals surface area contributed by atoms with E-state index in [0.29, 0.717) is 31.6 Å². The van der Waals surface area contributed by atoms with E-state index >= 15 is 0 Å². The Labute approximate surface area is 186 Å². The Morgan fingerprint density at radius 2 is 1.77 bits per heavy atom. The molecule has 0 spiro atoms. The summed E-state index contributed by atoms with van der Waals surface area (Å²) in [6, 6.07) is 19.4. The molecule has 6 nitrogen and oxygen atoms in total. The molecule has 2 aromatic carbocycles. The highest BCUT2D eigenvalue weighted by Crippen LogP contribution is 2.25. The number of amides is 1. The maximum absolute atomic E-state index is 13.3. The zero-order valence-electron chi connectivity index (χ0n) is 18.4. The summed E-state index contributed by atoms with van der Waals surface area (Å²) in [7, 11) is -3.68. The van der Waals surface area contributed by atoms with Crippen LogP contribution in [0.15, 0.2) is 60.7 Å². The summed E-state index contributed by atoms with van der Waals surface area (Å²) in [6.07, 6.45) is 3.14. The number of carbonyl (C=O) groups excluding carboxylic acids is 1. The average molecular weight is 444 g/mol. The molecule has 0 aromatic heterocycles. The van der Waals surface area contributed by atoms with Crippen molar-refractivity contribution in [3.8, 4) is 0 Å². The molecule has 0 aliphatic carbocycles. The lowest BCUT2D eigenvalue weighted by Gasteiger charge is -2.35. The van der Waals surface area contributed by atoms with Gasteiger partial charge in [0.15, 0.2) is 0 Å². The molecule has 2 unspecified atom stereocenters. The molecule has 2 aromatic rings. The molecule has 1 aliphatic rings. The zero-order valence-corrected chi connectivity index (χ0v) is 19.2. The molecule has 7 heteroatoms. The second-order valence-corrected chi connectivity index (χ2v) is 9.99. The van der Waals surface area contributed by atoms with E-state index in [2.05, 4.69) is 17.4 Å². The summed E-state index contributed by atoms with van der Waals surface area (Å²) in [5, 5.41) is 3.09. The van der Waals surface area contributed by atoms with Crippen LogP contribution >= 0.6 is 0 Å². The zero-order chi connectivity index (χ0) is 22.3. The van der Waals surface area contributed by atoms with Crippen LogP contribution in [0.3, 0.4) is 0 Å². The summed E-state index contributed by atoms with van der Waals surface area (Å²) in [6.45, 7) is 4.84. The number of rotatable bonds is 9. The van der Waals surface area contributed by atoms with E-state index in [-0.39, 0.29) is 24.4 Å². The number of nitrogens with one attached hydrogen (secondary N) is 1. The van der Waals surface area contributed by atoms with Gasteiger partial charge in [-0.15, -0.1) is 0 Å². The van der Waals surface area contributed by atoms with Gasteiger partial charge in [0.2, 0.25) is 5.91 Å². The average Bonchev–Trinajstić information content (AvgIpc) is 2.79. The second kappa shape index (κ2) is 10.8. The first-order valence-electron chi connectivity index (χ1n) is 11.1. The minimum atomic E-state index is -3.68. The van der Waals surface area contributed by atoms with Gasteiger partial charge >= 0.3 is 10.2 Å². The van der Waals surface area contributed by atoms with Crippen LogP contribution in [0.4, 0.5) is 5.69 Å². The summed E-state index contributed by atoms with van der Waals surface area (Å²) < 4.78 is 29.5. The van der Waals surface area contributed by atoms with Gasteiger partial charge in [-0.1, -0.05) is 48.5 Å². The standard InChI is InChI=1S/C24H33N3O3S/c1-3-27(23-14-8-5-9-15-23)31(29,30)26-18-10-13-22(19-26)24(28)25-20(2)16-17-21-11-6-4-7-12-21/h4-9,11-12,14-15,20,22H,3,10,13,16-19H2,1-2H3,(H,25,28). The largest absolute Gasteiger partial charge is 0.353 e. The molecule has 31 heavy (non-hydrogen) atoms. The third-order valence-electron chi connectivity index (χ3n) is 5.79. The van der Waals surface area contributed by atoms with E-state index in [1.165, 1.54) is 14.2 Å². The lowest BCUT2D eigenvalue weighted by Crippen LogP contribution is -2.51. The summed E-state index contributed by atoms with van der Waals surface area (Å²) in [5.74, 6) is -0.375. The van der Waals surface area contributed by atoms with Crippen LogP contribution in [-0.4, -0.2) is 44.3 Å². The highest BCUT2D eigenvalue weighted by atomic mass is 32.2. The van der Waals surface area contributed by atoms with Gasteiger partial charge in [-0.2, -0.15) is 12.7 Å². The monoisotopic (exact) mass is 443 g/mol. The Morgan fingerprint density at radius 3 is 2.42 bits per heavy atom. The summed E-state index contributed by atoms with van der Waals surface area (Å²) in [5.41, 5.74) is 1.89. The van der Waals surface area contributed by atoms with E-state index in [1.807, 2.05) is 50.2 Å². The fourth-order valence-electron chi connectivity index (χ4n) is 4.04. The maximum atomic E-state index is 13.3. The minimum absolute atomic E-state index is 0.0381. The lowest BCUT2D eigenvalue weighted by atomic mass is 9.98. The molecular formula is C24H33N3O3S. The fraction of sp³-hybridized carbons (Fsp3) is 0.458. The topological polar surface area (TPSA) is 69.7 Å². The third kappa shape index (κ3) is 6.08. The van der Waals surface area contributed by atoms with Gasteiger partial charge in [-0.25, -0.2) is 0 Å². The van der Waals surface area contributed by atoms with Crippen molar-refractivity contribution in [2.45, 2.75) is 45.6 Å². The third-order valence-corrected chi connectivity index (χ3v) is 7.80. The van der Waals surface area contributed by atoms with Crippen LogP contribution in [0.25, 0.3) is 0 Å². The van der Waals surface area contributed by atoms with Gasteiger partial charge in [0.1, 0.15) is 0 Å². The fourth-order valence-corrected chi connectivity index (χ4v) is 5.76. The first kappa shape index (κ1) is 23.3.